The SMILES string of the molecule is CC(C)C[C@@H](N)c1cccc(Oc2ccccc2)c1. The Kier molecular flexibility index (Phi) is 4.58. The van der Waals surface area contributed by atoms with E-state index in [1.165, 1.54) is 0 Å². The van der Waals surface area contributed by atoms with E-state index in [-0.39, 0.29) is 6.04 Å². The molecule has 0 fully saturated rings. The maximum absolute atomic E-state index is 6.20. The van der Waals surface area contributed by atoms with Crippen molar-refractivity contribution in [2.75, 3.05) is 0 Å². The summed E-state index contributed by atoms with van der Waals surface area (Å²) < 4.78 is 5.82. The number of rotatable bonds is 5. The van der Waals surface area contributed by atoms with Crippen molar-refractivity contribution in [3.8, 4) is 11.5 Å². The summed E-state index contributed by atoms with van der Waals surface area (Å²) in [5.41, 5.74) is 7.33. The standard InChI is InChI=1S/C17H21NO/c1-13(2)11-17(18)14-7-6-10-16(12-14)19-15-8-4-3-5-9-15/h3-10,12-13,17H,11,18H2,1-2H3/t17-/m1/s1. The van der Waals surface area contributed by atoms with Crippen LogP contribution in [0.3, 0.4) is 0 Å². The average molecular weight is 255 g/mol. The van der Waals surface area contributed by atoms with Gasteiger partial charge in [0.25, 0.3) is 0 Å². The molecular formula is C17H21NO. The van der Waals surface area contributed by atoms with Gasteiger partial charge in [0.05, 0.1) is 0 Å². The van der Waals surface area contributed by atoms with Crippen molar-refractivity contribution in [1.82, 2.24) is 0 Å². The van der Waals surface area contributed by atoms with E-state index < -0.39 is 0 Å². The largest absolute Gasteiger partial charge is 0.457 e. The molecule has 0 heterocycles. The molecule has 2 aromatic carbocycles. The van der Waals surface area contributed by atoms with Crippen LogP contribution in [-0.4, -0.2) is 0 Å². The molecule has 0 radical (unpaired) electrons. The molecular weight excluding hydrogens is 234 g/mol. The highest BCUT2D eigenvalue weighted by atomic mass is 16.5. The molecule has 0 aliphatic heterocycles. The maximum atomic E-state index is 6.20. The Morgan fingerprint density at radius 3 is 2.32 bits per heavy atom. The maximum Gasteiger partial charge on any atom is 0.127 e. The van der Waals surface area contributed by atoms with Crippen molar-refractivity contribution >= 4 is 0 Å². The molecule has 2 N–H and O–H groups in total. The number of hydrogen-bond donors (Lipinski definition) is 1. The Labute approximate surface area is 115 Å². The van der Waals surface area contributed by atoms with Gasteiger partial charge in [-0.2, -0.15) is 0 Å². The Morgan fingerprint density at radius 2 is 1.63 bits per heavy atom. The summed E-state index contributed by atoms with van der Waals surface area (Å²) in [7, 11) is 0. The van der Waals surface area contributed by atoms with E-state index in [2.05, 4.69) is 19.9 Å². The second-order valence-electron chi connectivity index (χ2n) is 5.22. The molecule has 0 unspecified atom stereocenters. The van der Waals surface area contributed by atoms with Crippen LogP contribution < -0.4 is 10.5 Å². The molecule has 1 atom stereocenters. The van der Waals surface area contributed by atoms with Crippen LogP contribution in [0.15, 0.2) is 54.6 Å². The van der Waals surface area contributed by atoms with Crippen LogP contribution in [0.25, 0.3) is 0 Å². The summed E-state index contributed by atoms with van der Waals surface area (Å²) in [6.07, 6.45) is 0.981. The number of benzene rings is 2. The zero-order valence-corrected chi connectivity index (χ0v) is 11.5. The van der Waals surface area contributed by atoms with Gasteiger partial charge in [0.15, 0.2) is 0 Å². The third-order valence-corrected chi connectivity index (χ3v) is 2.99. The molecule has 19 heavy (non-hydrogen) atoms. The summed E-state index contributed by atoms with van der Waals surface area (Å²) >= 11 is 0. The zero-order chi connectivity index (χ0) is 13.7. The van der Waals surface area contributed by atoms with Gasteiger partial charge in [0.2, 0.25) is 0 Å². The highest BCUT2D eigenvalue weighted by molar-refractivity contribution is 5.34. The second-order valence-corrected chi connectivity index (χ2v) is 5.22. The van der Waals surface area contributed by atoms with Crippen LogP contribution in [0.5, 0.6) is 11.5 Å². The summed E-state index contributed by atoms with van der Waals surface area (Å²) in [5, 5.41) is 0. The molecule has 0 aliphatic rings. The highest BCUT2D eigenvalue weighted by Crippen LogP contribution is 2.26. The number of nitrogens with two attached hydrogens (primary N) is 1. The first-order chi connectivity index (χ1) is 9.15. The lowest BCUT2D eigenvalue weighted by atomic mass is 9.98. The van der Waals surface area contributed by atoms with Crippen molar-refractivity contribution in [2.45, 2.75) is 26.3 Å². The first kappa shape index (κ1) is 13.6. The van der Waals surface area contributed by atoms with E-state index in [0.717, 1.165) is 23.5 Å². The van der Waals surface area contributed by atoms with Gasteiger partial charge in [-0.3, -0.25) is 0 Å². The summed E-state index contributed by atoms with van der Waals surface area (Å²) in [6, 6.07) is 17.9. The fraction of sp³-hybridized carbons (Fsp3) is 0.294. The molecule has 0 aromatic heterocycles. The van der Waals surface area contributed by atoms with E-state index >= 15 is 0 Å². The van der Waals surface area contributed by atoms with Crippen molar-refractivity contribution in [3.05, 3.63) is 60.2 Å². The summed E-state index contributed by atoms with van der Waals surface area (Å²) in [4.78, 5) is 0. The van der Waals surface area contributed by atoms with Crippen molar-refractivity contribution < 1.29 is 4.74 Å². The third-order valence-electron chi connectivity index (χ3n) is 2.99. The van der Waals surface area contributed by atoms with E-state index in [1.54, 1.807) is 0 Å². The Morgan fingerprint density at radius 1 is 0.947 bits per heavy atom. The van der Waals surface area contributed by atoms with Gasteiger partial charge in [-0.1, -0.05) is 44.2 Å². The minimum atomic E-state index is 0.0688. The van der Waals surface area contributed by atoms with Crippen LogP contribution >= 0.6 is 0 Å². The number of ether oxygens (including phenoxy) is 1. The Bertz CT molecular complexity index is 508. The first-order valence-electron chi connectivity index (χ1n) is 6.73. The minimum Gasteiger partial charge on any atom is -0.457 e. The predicted molar refractivity (Wildman–Crippen MR) is 79.3 cm³/mol. The molecule has 0 bridgehead atoms. The molecule has 2 heteroatoms. The predicted octanol–water partition coefficient (Wildman–Crippen LogP) is 4.52. The van der Waals surface area contributed by atoms with Crippen molar-refractivity contribution in [1.29, 1.82) is 0 Å². The van der Waals surface area contributed by atoms with Gasteiger partial charge in [-0.25, -0.2) is 0 Å². The van der Waals surface area contributed by atoms with Gasteiger partial charge >= 0.3 is 0 Å². The van der Waals surface area contributed by atoms with E-state index in [4.69, 9.17) is 10.5 Å². The molecule has 2 nitrogen and oxygen atoms in total. The van der Waals surface area contributed by atoms with Crippen LogP contribution in [0.1, 0.15) is 31.9 Å². The van der Waals surface area contributed by atoms with E-state index in [1.807, 2.05) is 48.5 Å². The Hall–Kier alpha value is -1.80. The fourth-order valence-corrected chi connectivity index (χ4v) is 2.08. The monoisotopic (exact) mass is 255 g/mol. The highest BCUT2D eigenvalue weighted by Gasteiger charge is 2.09. The lowest BCUT2D eigenvalue weighted by Gasteiger charge is -2.15. The minimum absolute atomic E-state index is 0.0688. The van der Waals surface area contributed by atoms with Gasteiger partial charge in [-0.05, 0) is 42.2 Å². The van der Waals surface area contributed by atoms with Gasteiger partial charge in [0, 0.05) is 6.04 Å². The molecule has 0 aliphatic carbocycles. The molecule has 0 amide bonds. The van der Waals surface area contributed by atoms with E-state index in [0.29, 0.717) is 5.92 Å². The zero-order valence-electron chi connectivity index (χ0n) is 11.5. The lowest BCUT2D eigenvalue weighted by Crippen LogP contribution is -2.12. The van der Waals surface area contributed by atoms with Crippen LogP contribution in [0.2, 0.25) is 0 Å². The molecule has 0 saturated heterocycles. The molecule has 2 aromatic rings. The average Bonchev–Trinajstić information content (AvgIpc) is 2.39. The summed E-state index contributed by atoms with van der Waals surface area (Å²) in [5.74, 6) is 2.27. The first-order valence-corrected chi connectivity index (χ1v) is 6.73. The van der Waals surface area contributed by atoms with Crippen LogP contribution in [0, 0.1) is 5.92 Å². The normalized spacial score (nSPS) is 12.4. The number of hydrogen-bond acceptors (Lipinski definition) is 2. The molecule has 100 valence electrons. The van der Waals surface area contributed by atoms with Crippen LogP contribution in [-0.2, 0) is 0 Å². The van der Waals surface area contributed by atoms with Crippen LogP contribution in [0.4, 0.5) is 0 Å². The lowest BCUT2D eigenvalue weighted by molar-refractivity contribution is 0.476. The number of para-hydroxylation sites is 1. The molecule has 2 rings (SSSR count). The fourth-order valence-electron chi connectivity index (χ4n) is 2.08. The summed E-state index contributed by atoms with van der Waals surface area (Å²) in [6.45, 7) is 4.37. The molecule has 0 saturated carbocycles. The van der Waals surface area contributed by atoms with Gasteiger partial charge in [-0.15, -0.1) is 0 Å². The van der Waals surface area contributed by atoms with Crippen molar-refractivity contribution in [3.63, 3.8) is 0 Å². The molecule has 0 spiro atoms. The van der Waals surface area contributed by atoms with Crippen molar-refractivity contribution in [2.24, 2.45) is 11.7 Å². The van der Waals surface area contributed by atoms with E-state index in [9.17, 15) is 0 Å². The third kappa shape index (κ3) is 4.11. The quantitative estimate of drug-likeness (QED) is 0.852. The second kappa shape index (κ2) is 6.39. The van der Waals surface area contributed by atoms with Gasteiger partial charge < -0.3 is 10.5 Å². The van der Waals surface area contributed by atoms with Gasteiger partial charge in [0.1, 0.15) is 11.5 Å². The smallest absolute Gasteiger partial charge is 0.127 e. The topological polar surface area (TPSA) is 35.2 Å². The Balaban J connectivity index is 2.11.